The smallest absolute Gasteiger partial charge is 0.0707 e. The number of nitrogens with zero attached hydrogens (tertiary/aromatic N) is 1. The zero-order chi connectivity index (χ0) is 12.3. The number of hydrogen-bond donors (Lipinski definition) is 1. The van der Waals surface area contributed by atoms with Crippen LogP contribution in [0.3, 0.4) is 0 Å². The molecule has 2 saturated heterocycles. The molecule has 2 rings (SSSR count). The highest BCUT2D eigenvalue weighted by atomic mass is 16.5. The molecule has 3 nitrogen and oxygen atoms in total. The number of likely N-dealkylation sites (tertiary alicyclic amines) is 1. The molecule has 0 aromatic heterocycles. The molecule has 1 N–H and O–H groups in total. The van der Waals surface area contributed by atoms with E-state index in [4.69, 9.17) is 4.74 Å². The van der Waals surface area contributed by atoms with Crippen molar-refractivity contribution in [1.29, 1.82) is 0 Å². The van der Waals surface area contributed by atoms with E-state index in [1.807, 2.05) is 0 Å². The topological polar surface area (TPSA) is 24.5 Å². The van der Waals surface area contributed by atoms with Crippen LogP contribution in [-0.4, -0.2) is 49.3 Å². The first kappa shape index (κ1) is 13.3. The van der Waals surface area contributed by atoms with E-state index in [-0.39, 0.29) is 0 Å². The number of hydrogen-bond acceptors (Lipinski definition) is 3. The van der Waals surface area contributed by atoms with Gasteiger partial charge in [-0.15, -0.1) is 0 Å². The molecule has 100 valence electrons. The van der Waals surface area contributed by atoms with Crippen molar-refractivity contribution < 1.29 is 4.74 Å². The van der Waals surface area contributed by atoms with Crippen LogP contribution in [0.5, 0.6) is 0 Å². The van der Waals surface area contributed by atoms with Crippen LogP contribution in [0.4, 0.5) is 0 Å². The Labute approximate surface area is 106 Å². The van der Waals surface area contributed by atoms with Crippen molar-refractivity contribution in [2.24, 2.45) is 5.92 Å². The van der Waals surface area contributed by atoms with Gasteiger partial charge >= 0.3 is 0 Å². The van der Waals surface area contributed by atoms with Gasteiger partial charge < -0.3 is 10.1 Å². The van der Waals surface area contributed by atoms with Gasteiger partial charge in [-0.3, -0.25) is 4.90 Å². The van der Waals surface area contributed by atoms with Gasteiger partial charge in [-0.1, -0.05) is 20.8 Å². The third-order valence-corrected chi connectivity index (χ3v) is 4.04. The number of fused-ring (bicyclic) bond motifs is 2. The molecule has 17 heavy (non-hydrogen) atoms. The summed E-state index contributed by atoms with van der Waals surface area (Å²) < 4.78 is 5.89. The van der Waals surface area contributed by atoms with E-state index >= 15 is 0 Å². The second-order valence-corrected chi connectivity index (χ2v) is 5.98. The van der Waals surface area contributed by atoms with Crippen molar-refractivity contribution in [3.05, 3.63) is 0 Å². The molecular formula is C14H28N2O. The number of rotatable bonds is 6. The van der Waals surface area contributed by atoms with Crippen molar-refractivity contribution in [2.75, 3.05) is 26.2 Å². The third-order valence-electron chi connectivity index (χ3n) is 4.04. The summed E-state index contributed by atoms with van der Waals surface area (Å²) in [5, 5.41) is 3.68. The number of morpholine rings is 1. The summed E-state index contributed by atoms with van der Waals surface area (Å²) in [7, 11) is 0. The van der Waals surface area contributed by atoms with Gasteiger partial charge in [0, 0.05) is 25.7 Å². The normalized spacial score (nSPS) is 31.1. The van der Waals surface area contributed by atoms with Gasteiger partial charge in [-0.25, -0.2) is 0 Å². The third kappa shape index (κ3) is 3.67. The minimum Gasteiger partial charge on any atom is -0.372 e. The Balaban J connectivity index is 1.80. The summed E-state index contributed by atoms with van der Waals surface area (Å²) in [4.78, 5) is 2.61. The standard InChI is InChI=1S/C14H28N2O/c1-4-7-15-14(11(2)3)10-16-8-12-5-6-13(9-16)17-12/h11-15H,4-10H2,1-3H3. The molecule has 2 aliphatic rings. The summed E-state index contributed by atoms with van der Waals surface area (Å²) in [5.41, 5.74) is 0. The fourth-order valence-electron chi connectivity index (χ4n) is 2.97. The van der Waals surface area contributed by atoms with Crippen LogP contribution in [-0.2, 0) is 4.74 Å². The Morgan fingerprint density at radius 3 is 2.41 bits per heavy atom. The van der Waals surface area contributed by atoms with E-state index < -0.39 is 0 Å². The van der Waals surface area contributed by atoms with Crippen LogP contribution in [0.25, 0.3) is 0 Å². The molecule has 0 aromatic carbocycles. The SMILES string of the molecule is CCCNC(CN1CC2CCC(C1)O2)C(C)C. The summed E-state index contributed by atoms with van der Waals surface area (Å²) >= 11 is 0. The largest absolute Gasteiger partial charge is 0.372 e. The van der Waals surface area contributed by atoms with E-state index in [1.54, 1.807) is 0 Å². The van der Waals surface area contributed by atoms with Crippen molar-refractivity contribution in [3.63, 3.8) is 0 Å². The molecule has 2 fully saturated rings. The molecule has 0 aliphatic carbocycles. The summed E-state index contributed by atoms with van der Waals surface area (Å²) in [6, 6.07) is 0.632. The van der Waals surface area contributed by atoms with E-state index in [0.717, 1.165) is 19.6 Å². The molecule has 0 saturated carbocycles. The first-order valence-electron chi connectivity index (χ1n) is 7.30. The Kier molecular flexibility index (Phi) is 4.83. The summed E-state index contributed by atoms with van der Waals surface area (Å²) in [6.07, 6.45) is 4.81. The Bertz CT molecular complexity index is 220. The molecule has 3 heteroatoms. The van der Waals surface area contributed by atoms with Crippen LogP contribution in [0.1, 0.15) is 40.0 Å². The molecule has 3 atom stereocenters. The number of nitrogens with one attached hydrogen (secondary N) is 1. The maximum absolute atomic E-state index is 5.89. The van der Waals surface area contributed by atoms with Gasteiger partial charge in [-0.05, 0) is 31.7 Å². The number of ether oxygens (including phenoxy) is 1. The fourth-order valence-corrected chi connectivity index (χ4v) is 2.97. The average molecular weight is 240 g/mol. The van der Waals surface area contributed by atoms with E-state index in [0.29, 0.717) is 24.2 Å². The highest BCUT2D eigenvalue weighted by Crippen LogP contribution is 2.26. The summed E-state index contributed by atoms with van der Waals surface area (Å²) in [5.74, 6) is 0.710. The summed E-state index contributed by atoms with van der Waals surface area (Å²) in [6.45, 7) is 11.5. The minimum atomic E-state index is 0.521. The zero-order valence-electron chi connectivity index (χ0n) is 11.6. The predicted molar refractivity (Wildman–Crippen MR) is 71.3 cm³/mol. The average Bonchev–Trinajstić information content (AvgIpc) is 2.63. The maximum atomic E-state index is 5.89. The minimum absolute atomic E-state index is 0.521. The fraction of sp³-hybridized carbons (Fsp3) is 1.00. The predicted octanol–water partition coefficient (Wildman–Crippen LogP) is 1.87. The van der Waals surface area contributed by atoms with Gasteiger partial charge in [-0.2, -0.15) is 0 Å². The second-order valence-electron chi connectivity index (χ2n) is 5.98. The van der Waals surface area contributed by atoms with Crippen molar-refractivity contribution in [1.82, 2.24) is 10.2 Å². The lowest BCUT2D eigenvalue weighted by Gasteiger charge is -2.36. The van der Waals surface area contributed by atoms with Crippen LogP contribution < -0.4 is 5.32 Å². The molecule has 2 heterocycles. The van der Waals surface area contributed by atoms with E-state index in [2.05, 4.69) is 31.0 Å². The molecule has 0 aromatic rings. The molecule has 0 amide bonds. The molecule has 3 unspecified atom stereocenters. The zero-order valence-corrected chi connectivity index (χ0v) is 11.6. The first-order valence-corrected chi connectivity index (χ1v) is 7.30. The Hall–Kier alpha value is -0.120. The quantitative estimate of drug-likeness (QED) is 0.767. The molecule has 0 radical (unpaired) electrons. The van der Waals surface area contributed by atoms with Gasteiger partial charge in [0.05, 0.1) is 12.2 Å². The van der Waals surface area contributed by atoms with Gasteiger partial charge in [0.1, 0.15) is 0 Å². The highest BCUT2D eigenvalue weighted by Gasteiger charge is 2.34. The lowest BCUT2D eigenvalue weighted by molar-refractivity contribution is -0.0419. The molecule has 2 bridgehead atoms. The molecule has 2 aliphatic heterocycles. The maximum Gasteiger partial charge on any atom is 0.0707 e. The van der Waals surface area contributed by atoms with Crippen molar-refractivity contribution in [3.8, 4) is 0 Å². The van der Waals surface area contributed by atoms with E-state index in [1.165, 1.54) is 25.8 Å². The van der Waals surface area contributed by atoms with Crippen molar-refractivity contribution in [2.45, 2.75) is 58.3 Å². The monoisotopic (exact) mass is 240 g/mol. The van der Waals surface area contributed by atoms with Gasteiger partial charge in [0.15, 0.2) is 0 Å². The Morgan fingerprint density at radius 1 is 1.24 bits per heavy atom. The van der Waals surface area contributed by atoms with Crippen LogP contribution in [0, 0.1) is 5.92 Å². The van der Waals surface area contributed by atoms with Crippen LogP contribution in [0.2, 0.25) is 0 Å². The molecule has 0 spiro atoms. The Morgan fingerprint density at radius 2 is 1.88 bits per heavy atom. The van der Waals surface area contributed by atoms with Crippen molar-refractivity contribution >= 4 is 0 Å². The molecular weight excluding hydrogens is 212 g/mol. The van der Waals surface area contributed by atoms with E-state index in [9.17, 15) is 0 Å². The van der Waals surface area contributed by atoms with Gasteiger partial charge in [0.25, 0.3) is 0 Å². The van der Waals surface area contributed by atoms with Crippen LogP contribution in [0.15, 0.2) is 0 Å². The first-order chi connectivity index (χ1) is 8.19. The lowest BCUT2D eigenvalue weighted by Crippen LogP contribution is -2.50. The van der Waals surface area contributed by atoms with Crippen LogP contribution >= 0.6 is 0 Å². The lowest BCUT2D eigenvalue weighted by atomic mass is 10.0. The second kappa shape index (κ2) is 6.17. The highest BCUT2D eigenvalue weighted by molar-refractivity contribution is 4.87. The van der Waals surface area contributed by atoms with Gasteiger partial charge in [0.2, 0.25) is 0 Å².